The lowest BCUT2D eigenvalue weighted by Gasteiger charge is -2.47. The van der Waals surface area contributed by atoms with E-state index in [1.165, 1.54) is 12.1 Å². The van der Waals surface area contributed by atoms with Crippen LogP contribution in [-0.4, -0.2) is 56.8 Å². The number of alkyl halides is 3. The monoisotopic (exact) mass is 652 g/mol. The molecule has 3 heterocycles. The molecule has 4 aromatic rings. The minimum absolute atomic E-state index is 0.00437. The predicted molar refractivity (Wildman–Crippen MR) is 165 cm³/mol. The van der Waals surface area contributed by atoms with Crippen LogP contribution in [0.5, 0.6) is 0 Å². The molecule has 0 aliphatic heterocycles. The van der Waals surface area contributed by atoms with Gasteiger partial charge in [0.25, 0.3) is 0 Å². The zero-order valence-electron chi connectivity index (χ0n) is 25.1. The van der Waals surface area contributed by atoms with Crippen molar-refractivity contribution in [1.82, 2.24) is 28.9 Å². The molecule has 3 aliphatic carbocycles. The molecule has 0 spiro atoms. The van der Waals surface area contributed by atoms with Crippen molar-refractivity contribution in [2.45, 2.75) is 75.1 Å². The molecule has 240 valence electrons. The highest BCUT2D eigenvalue weighted by Gasteiger charge is 2.53. The van der Waals surface area contributed by atoms with E-state index in [0.717, 1.165) is 48.0 Å². The molecule has 7 rings (SSSR count). The number of hydrogen-bond acceptors (Lipinski definition) is 5. The summed E-state index contributed by atoms with van der Waals surface area (Å²) in [5, 5.41) is 8.86. The maximum absolute atomic E-state index is 14.6. The van der Waals surface area contributed by atoms with E-state index in [4.69, 9.17) is 0 Å². The summed E-state index contributed by atoms with van der Waals surface area (Å²) in [5.41, 5.74) is 0.381. The zero-order chi connectivity index (χ0) is 32.4. The number of fused-ring (bicyclic) bond motifs is 2. The Morgan fingerprint density at radius 3 is 2.54 bits per heavy atom. The van der Waals surface area contributed by atoms with E-state index in [-0.39, 0.29) is 36.4 Å². The van der Waals surface area contributed by atoms with Crippen molar-refractivity contribution in [3.05, 3.63) is 95.1 Å². The van der Waals surface area contributed by atoms with Crippen LogP contribution in [0.3, 0.4) is 0 Å². The van der Waals surface area contributed by atoms with Crippen LogP contribution in [0.2, 0.25) is 0 Å². The molecule has 1 unspecified atom stereocenters. The minimum atomic E-state index is -4.65. The molecule has 0 saturated heterocycles. The van der Waals surface area contributed by atoms with E-state index >= 15 is 0 Å². The number of carbonyl (C=O) groups is 1. The third-order valence-corrected chi connectivity index (χ3v) is 11.6. The molecule has 0 amide bonds. The predicted octanol–water partition coefficient (Wildman–Crippen LogP) is 6.16. The number of carbonyl (C=O) groups excluding carboxylic acids is 1. The summed E-state index contributed by atoms with van der Waals surface area (Å²) in [6.45, 7) is 2.54. The zero-order valence-corrected chi connectivity index (χ0v) is 25.9. The van der Waals surface area contributed by atoms with Gasteiger partial charge in [-0.2, -0.15) is 23.4 Å². The van der Waals surface area contributed by atoms with Crippen LogP contribution in [0.4, 0.5) is 17.6 Å². The molecule has 0 radical (unpaired) electrons. The molecule has 8 nitrogen and oxygen atoms in total. The van der Waals surface area contributed by atoms with Crippen molar-refractivity contribution in [2.24, 2.45) is 5.41 Å². The Morgan fingerprint density at radius 2 is 1.87 bits per heavy atom. The summed E-state index contributed by atoms with van der Waals surface area (Å²) in [7, 11) is -3.00. The van der Waals surface area contributed by atoms with Crippen molar-refractivity contribution < 1.29 is 26.6 Å². The average molecular weight is 653 g/mol. The molecule has 0 bridgehead atoms. The first-order valence-corrected chi connectivity index (χ1v) is 16.9. The fourth-order valence-electron chi connectivity index (χ4n) is 6.98. The number of pyridine rings is 1. The normalized spacial score (nSPS) is 22.6. The number of ketones is 1. The highest BCUT2D eigenvalue weighted by Crippen LogP contribution is 2.53. The van der Waals surface area contributed by atoms with Gasteiger partial charge in [-0.1, -0.05) is 5.57 Å². The SMILES string of the molecule is C=S(=O)(c1cnn(CC)c1)N(C1CC1)[C@H]1CCC2=Cc3c(cnn3-c3ccc(F)cc3)C[C@]2(C(=O)c2cc(C(F)(F)F)ccn2)C1. The van der Waals surface area contributed by atoms with Crippen molar-refractivity contribution in [2.75, 3.05) is 0 Å². The number of Topliss-reactive ketones (excluding diaryl/α,β-unsaturated/α-hetero) is 1. The number of halogens is 4. The average Bonchev–Trinajstić information content (AvgIpc) is 3.57. The van der Waals surface area contributed by atoms with Crippen molar-refractivity contribution in [3.8, 4) is 5.69 Å². The first-order chi connectivity index (χ1) is 21.9. The summed E-state index contributed by atoms with van der Waals surface area (Å²) in [6, 6.07) is 7.22. The minimum Gasteiger partial charge on any atom is -0.291 e. The number of allylic oxidation sites excluding steroid dienone is 1. The third kappa shape index (κ3) is 5.19. The Balaban J connectivity index is 1.33. The highest BCUT2D eigenvalue weighted by atomic mass is 32.2. The van der Waals surface area contributed by atoms with E-state index in [9.17, 15) is 26.6 Å². The van der Waals surface area contributed by atoms with Crippen LogP contribution in [0.1, 0.15) is 66.3 Å². The van der Waals surface area contributed by atoms with Gasteiger partial charge in [0.2, 0.25) is 0 Å². The largest absolute Gasteiger partial charge is 0.416 e. The second kappa shape index (κ2) is 11.0. The molecule has 3 aromatic heterocycles. The Labute approximate surface area is 263 Å². The molecule has 3 aliphatic rings. The second-order valence-electron chi connectivity index (χ2n) is 12.3. The van der Waals surface area contributed by atoms with E-state index < -0.39 is 32.6 Å². The van der Waals surface area contributed by atoms with Crippen LogP contribution < -0.4 is 0 Å². The second-order valence-corrected chi connectivity index (χ2v) is 14.5. The maximum atomic E-state index is 14.6. The summed E-state index contributed by atoms with van der Waals surface area (Å²) >= 11 is 0. The number of aryl methyl sites for hydroxylation is 1. The summed E-state index contributed by atoms with van der Waals surface area (Å²) < 4.78 is 74.7. The fraction of sp³-hybridized carbons (Fsp3) is 0.364. The quantitative estimate of drug-likeness (QED) is 0.129. The number of benzene rings is 1. The molecule has 3 atom stereocenters. The van der Waals surface area contributed by atoms with Gasteiger partial charge in [-0.3, -0.25) is 14.5 Å². The summed E-state index contributed by atoms with van der Waals surface area (Å²) in [5.74, 6) is 3.30. The van der Waals surface area contributed by atoms with Gasteiger partial charge in [0.15, 0.2) is 5.78 Å². The Morgan fingerprint density at radius 1 is 1.11 bits per heavy atom. The fourth-order valence-corrected chi connectivity index (χ4v) is 9.07. The van der Waals surface area contributed by atoms with E-state index in [2.05, 4.69) is 21.1 Å². The van der Waals surface area contributed by atoms with E-state index in [1.807, 2.05) is 17.3 Å². The summed E-state index contributed by atoms with van der Waals surface area (Å²) in [6.07, 6.45) is 6.30. The Bertz CT molecular complexity index is 1960. The van der Waals surface area contributed by atoms with Gasteiger partial charge in [-0.25, -0.2) is 17.6 Å². The van der Waals surface area contributed by atoms with Gasteiger partial charge in [0, 0.05) is 31.0 Å². The van der Waals surface area contributed by atoms with Gasteiger partial charge in [0.1, 0.15) is 11.5 Å². The Hall–Kier alpha value is -4.10. The number of aromatic nitrogens is 5. The van der Waals surface area contributed by atoms with Crippen LogP contribution in [0.15, 0.2) is 71.7 Å². The van der Waals surface area contributed by atoms with Gasteiger partial charge in [-0.05, 0) is 99.4 Å². The molecular weight excluding hydrogens is 620 g/mol. The molecule has 46 heavy (non-hydrogen) atoms. The standard InChI is InChI=1S/C33H32F4N6O2S/c1-3-41-20-28(19-39-41)46(2,45)43(26-10-11-26)27-7-4-22-15-30-21(18-40-42(30)25-8-5-24(34)6-9-25)16-32(22,17-27)31(44)29-14-23(12-13-38-29)33(35,36)37/h5-6,8-9,12-15,18-20,26-27H,2-4,7,10-11,16-17H2,1H3/t27-,32-,46?/m0/s1. The van der Waals surface area contributed by atoms with Crippen LogP contribution >= 0.6 is 0 Å². The number of nitrogens with zero attached hydrogens (tertiary/aromatic N) is 6. The van der Waals surface area contributed by atoms with Crippen LogP contribution in [-0.2, 0) is 28.8 Å². The third-order valence-electron chi connectivity index (χ3n) is 9.37. The van der Waals surface area contributed by atoms with Gasteiger partial charge < -0.3 is 0 Å². The topological polar surface area (TPSA) is 85.9 Å². The van der Waals surface area contributed by atoms with Gasteiger partial charge >= 0.3 is 6.18 Å². The Kier molecular flexibility index (Phi) is 7.31. The smallest absolute Gasteiger partial charge is 0.291 e. The maximum Gasteiger partial charge on any atom is 0.416 e. The molecule has 13 heteroatoms. The van der Waals surface area contributed by atoms with Crippen molar-refractivity contribution in [3.63, 3.8) is 0 Å². The first-order valence-electron chi connectivity index (χ1n) is 15.2. The molecule has 2 saturated carbocycles. The molecule has 1 aromatic carbocycles. The van der Waals surface area contributed by atoms with Crippen LogP contribution in [0, 0.1) is 11.2 Å². The molecular formula is C33H32F4N6O2S. The lowest BCUT2D eigenvalue weighted by molar-refractivity contribution is -0.137. The summed E-state index contributed by atoms with van der Waals surface area (Å²) in [4.78, 5) is 19.3. The first kappa shape index (κ1) is 30.5. The lowest BCUT2D eigenvalue weighted by atomic mass is 9.60. The van der Waals surface area contributed by atoms with Crippen molar-refractivity contribution >= 4 is 27.4 Å². The van der Waals surface area contributed by atoms with Gasteiger partial charge in [-0.15, -0.1) is 0 Å². The molecule has 0 N–H and O–H groups in total. The van der Waals surface area contributed by atoms with E-state index in [0.29, 0.717) is 30.0 Å². The van der Waals surface area contributed by atoms with E-state index in [1.54, 1.807) is 40.1 Å². The van der Waals surface area contributed by atoms with Crippen LogP contribution in [0.25, 0.3) is 11.8 Å². The highest BCUT2D eigenvalue weighted by molar-refractivity contribution is 7.98. The molecule has 2 fully saturated rings. The number of hydrogen-bond donors (Lipinski definition) is 0. The van der Waals surface area contributed by atoms with Gasteiger partial charge in [0.05, 0.1) is 49.4 Å². The lowest BCUT2D eigenvalue weighted by Crippen LogP contribution is -2.51. The number of rotatable bonds is 8. The van der Waals surface area contributed by atoms with Crippen molar-refractivity contribution in [1.29, 1.82) is 0 Å².